The number of aliphatic carboxylic acids is 1. The van der Waals surface area contributed by atoms with Gasteiger partial charge >= 0.3 is 5.97 Å². The van der Waals surface area contributed by atoms with Crippen LogP contribution >= 0.6 is 11.5 Å². The molecular formula is C9H12N6O2S. The molecular weight excluding hydrogens is 256 g/mol. The third kappa shape index (κ3) is 2.35. The summed E-state index contributed by atoms with van der Waals surface area (Å²) in [6, 6.07) is -0.269. The van der Waals surface area contributed by atoms with Gasteiger partial charge in [0.1, 0.15) is 4.88 Å². The highest BCUT2D eigenvalue weighted by molar-refractivity contribution is 7.09. The second kappa shape index (κ2) is 5.17. The summed E-state index contributed by atoms with van der Waals surface area (Å²) < 4.78 is 5.37. The Labute approximate surface area is 107 Å². The zero-order valence-corrected chi connectivity index (χ0v) is 10.8. The van der Waals surface area contributed by atoms with E-state index in [0.717, 1.165) is 10.6 Å². The van der Waals surface area contributed by atoms with Crippen molar-refractivity contribution in [2.45, 2.75) is 32.7 Å². The quantitative estimate of drug-likeness (QED) is 0.859. The van der Waals surface area contributed by atoms with Gasteiger partial charge in [0.2, 0.25) is 0 Å². The van der Waals surface area contributed by atoms with Crippen LogP contribution in [0.1, 0.15) is 31.5 Å². The van der Waals surface area contributed by atoms with Crippen molar-refractivity contribution < 1.29 is 9.90 Å². The number of rotatable bonds is 5. The zero-order valence-electron chi connectivity index (χ0n) is 9.94. The fraction of sp³-hybridized carbons (Fsp3) is 0.556. The lowest BCUT2D eigenvalue weighted by atomic mass is 10.1. The van der Waals surface area contributed by atoms with E-state index in [-0.39, 0.29) is 12.5 Å². The van der Waals surface area contributed by atoms with Gasteiger partial charge in [0, 0.05) is 0 Å². The van der Waals surface area contributed by atoms with Crippen LogP contribution in [-0.2, 0) is 4.79 Å². The summed E-state index contributed by atoms with van der Waals surface area (Å²) in [5.74, 6) is -0.349. The number of aryl methyl sites for hydroxylation is 1. The average Bonchev–Trinajstić information content (AvgIpc) is 2.93. The molecule has 0 radical (unpaired) electrons. The Morgan fingerprint density at radius 3 is 2.83 bits per heavy atom. The SMILES string of the molecule is CCC(CC(=O)O)n1nnnc1-c1snnc1C. The number of tetrazole rings is 1. The Bertz CT molecular complexity index is 551. The summed E-state index contributed by atoms with van der Waals surface area (Å²) in [7, 11) is 0. The van der Waals surface area contributed by atoms with Gasteiger partial charge in [-0.1, -0.05) is 11.4 Å². The molecule has 0 fully saturated rings. The first-order valence-electron chi connectivity index (χ1n) is 5.42. The van der Waals surface area contributed by atoms with Gasteiger partial charge in [-0.15, -0.1) is 10.2 Å². The van der Waals surface area contributed by atoms with Crippen LogP contribution < -0.4 is 0 Å². The van der Waals surface area contributed by atoms with Crippen LogP contribution in [0.3, 0.4) is 0 Å². The van der Waals surface area contributed by atoms with Crippen molar-refractivity contribution in [1.29, 1.82) is 0 Å². The van der Waals surface area contributed by atoms with Crippen LogP contribution in [0.15, 0.2) is 0 Å². The van der Waals surface area contributed by atoms with Crippen LogP contribution in [-0.4, -0.2) is 40.9 Å². The molecule has 18 heavy (non-hydrogen) atoms. The van der Waals surface area contributed by atoms with Crippen LogP contribution in [0.5, 0.6) is 0 Å². The fourth-order valence-corrected chi connectivity index (χ4v) is 2.26. The van der Waals surface area contributed by atoms with Crippen molar-refractivity contribution in [2.75, 3.05) is 0 Å². The Morgan fingerprint density at radius 2 is 2.28 bits per heavy atom. The lowest BCUT2D eigenvalue weighted by Crippen LogP contribution is -2.15. The van der Waals surface area contributed by atoms with Crippen LogP contribution in [0, 0.1) is 6.92 Å². The molecule has 0 aliphatic carbocycles. The highest BCUT2D eigenvalue weighted by Gasteiger charge is 2.22. The van der Waals surface area contributed by atoms with Gasteiger partial charge < -0.3 is 5.11 Å². The number of carboxylic acid groups (broad SMARTS) is 1. The van der Waals surface area contributed by atoms with E-state index < -0.39 is 5.97 Å². The van der Waals surface area contributed by atoms with Gasteiger partial charge in [0.05, 0.1) is 18.2 Å². The molecule has 0 saturated heterocycles. The smallest absolute Gasteiger partial charge is 0.305 e. The molecule has 2 aromatic heterocycles. The molecule has 8 nitrogen and oxygen atoms in total. The van der Waals surface area contributed by atoms with Crippen LogP contribution in [0.4, 0.5) is 0 Å². The van der Waals surface area contributed by atoms with Crippen molar-refractivity contribution in [2.24, 2.45) is 0 Å². The molecule has 0 aliphatic rings. The number of nitrogens with zero attached hydrogens (tertiary/aromatic N) is 6. The molecule has 0 spiro atoms. The van der Waals surface area contributed by atoms with Gasteiger partial charge in [-0.3, -0.25) is 4.79 Å². The number of hydrogen-bond acceptors (Lipinski definition) is 7. The van der Waals surface area contributed by atoms with Crippen LogP contribution in [0.2, 0.25) is 0 Å². The first-order valence-corrected chi connectivity index (χ1v) is 6.19. The minimum absolute atomic E-state index is 0.0141. The topological polar surface area (TPSA) is 107 Å². The summed E-state index contributed by atoms with van der Waals surface area (Å²) in [4.78, 5) is 11.6. The number of carboxylic acids is 1. The monoisotopic (exact) mass is 268 g/mol. The molecule has 2 rings (SSSR count). The maximum atomic E-state index is 10.8. The van der Waals surface area contributed by atoms with Crippen molar-refractivity contribution in [3.63, 3.8) is 0 Å². The van der Waals surface area contributed by atoms with E-state index >= 15 is 0 Å². The fourth-order valence-electron chi connectivity index (χ4n) is 1.63. The normalized spacial score (nSPS) is 12.6. The summed E-state index contributed by atoms with van der Waals surface area (Å²) >= 11 is 1.20. The van der Waals surface area contributed by atoms with E-state index in [1.807, 2.05) is 13.8 Å². The first kappa shape index (κ1) is 12.6. The number of hydrogen-bond donors (Lipinski definition) is 1. The molecule has 0 saturated carbocycles. The molecule has 0 amide bonds. The largest absolute Gasteiger partial charge is 0.481 e. The Hall–Kier alpha value is -1.90. The zero-order chi connectivity index (χ0) is 13.1. The Morgan fingerprint density at radius 1 is 1.50 bits per heavy atom. The lowest BCUT2D eigenvalue weighted by molar-refractivity contribution is -0.138. The van der Waals surface area contributed by atoms with Crippen molar-refractivity contribution in [3.8, 4) is 10.7 Å². The molecule has 1 atom stereocenters. The standard InChI is InChI=1S/C9H12N6O2S/c1-3-6(4-7(16)17)15-9(11-12-13-15)8-5(2)10-14-18-8/h6H,3-4H2,1-2H3,(H,16,17). The van der Waals surface area contributed by atoms with Crippen molar-refractivity contribution >= 4 is 17.5 Å². The lowest BCUT2D eigenvalue weighted by Gasteiger charge is -2.13. The van der Waals surface area contributed by atoms with Crippen molar-refractivity contribution in [1.82, 2.24) is 29.8 Å². The van der Waals surface area contributed by atoms with Gasteiger partial charge in [-0.05, 0) is 35.3 Å². The number of carbonyl (C=O) groups is 1. The highest BCUT2D eigenvalue weighted by atomic mass is 32.1. The molecule has 1 N–H and O–H groups in total. The minimum Gasteiger partial charge on any atom is -0.481 e. The summed E-state index contributed by atoms with van der Waals surface area (Å²) in [5, 5.41) is 24.2. The third-order valence-electron chi connectivity index (χ3n) is 2.57. The predicted octanol–water partition coefficient (Wildman–Crippen LogP) is 0.926. The molecule has 1 unspecified atom stereocenters. The van der Waals surface area contributed by atoms with Gasteiger partial charge in [-0.25, -0.2) is 4.68 Å². The van der Waals surface area contributed by atoms with Gasteiger partial charge in [0.15, 0.2) is 5.82 Å². The van der Waals surface area contributed by atoms with Gasteiger partial charge in [-0.2, -0.15) is 0 Å². The maximum Gasteiger partial charge on any atom is 0.305 e. The molecule has 0 aliphatic heterocycles. The molecule has 96 valence electrons. The minimum atomic E-state index is -0.873. The highest BCUT2D eigenvalue weighted by Crippen LogP contribution is 2.26. The molecule has 0 bridgehead atoms. The first-order chi connectivity index (χ1) is 8.63. The molecule has 2 heterocycles. The molecule has 2 aromatic rings. The summed E-state index contributed by atoms with van der Waals surface area (Å²) in [6.07, 6.45) is 0.620. The maximum absolute atomic E-state index is 10.8. The van der Waals surface area contributed by atoms with E-state index in [1.165, 1.54) is 16.2 Å². The van der Waals surface area contributed by atoms with E-state index in [1.54, 1.807) is 0 Å². The predicted molar refractivity (Wildman–Crippen MR) is 63.0 cm³/mol. The summed E-state index contributed by atoms with van der Waals surface area (Å²) in [5.41, 5.74) is 0.737. The van der Waals surface area contributed by atoms with E-state index in [4.69, 9.17) is 5.11 Å². The second-order valence-corrected chi connectivity index (χ2v) is 4.55. The second-order valence-electron chi connectivity index (χ2n) is 3.79. The van der Waals surface area contributed by atoms with E-state index in [0.29, 0.717) is 12.2 Å². The summed E-state index contributed by atoms with van der Waals surface area (Å²) in [6.45, 7) is 3.72. The third-order valence-corrected chi connectivity index (χ3v) is 3.40. The van der Waals surface area contributed by atoms with Crippen molar-refractivity contribution in [3.05, 3.63) is 5.69 Å². The van der Waals surface area contributed by atoms with Crippen LogP contribution in [0.25, 0.3) is 10.7 Å². The average molecular weight is 268 g/mol. The van der Waals surface area contributed by atoms with Gasteiger partial charge in [0.25, 0.3) is 0 Å². The number of aromatic nitrogens is 6. The Balaban J connectivity index is 2.38. The van der Waals surface area contributed by atoms with E-state index in [9.17, 15) is 4.79 Å². The Kier molecular flexibility index (Phi) is 3.60. The molecule has 9 heteroatoms. The molecule has 0 aromatic carbocycles. The van der Waals surface area contributed by atoms with E-state index in [2.05, 4.69) is 25.1 Å².